The van der Waals surface area contributed by atoms with Crippen molar-refractivity contribution < 1.29 is 14.6 Å². The van der Waals surface area contributed by atoms with Crippen LogP contribution in [0.25, 0.3) is 0 Å². The van der Waals surface area contributed by atoms with E-state index in [9.17, 15) is 4.79 Å². The van der Waals surface area contributed by atoms with Crippen molar-refractivity contribution in [2.24, 2.45) is 0 Å². The van der Waals surface area contributed by atoms with E-state index in [1.807, 2.05) is 0 Å². The quantitative estimate of drug-likeness (QED) is 0.497. The summed E-state index contributed by atoms with van der Waals surface area (Å²) in [5.41, 5.74) is 0. The Bertz CT molecular complexity index is 95.0. The van der Waals surface area contributed by atoms with Crippen LogP contribution in [0, 0.1) is 0 Å². The molecule has 0 radical (unpaired) electrons. The molecule has 1 amide bonds. The minimum Gasteiger partial charge on any atom is -0.396 e. The summed E-state index contributed by atoms with van der Waals surface area (Å²) in [6, 6.07) is 0. The second-order valence-electron chi connectivity index (χ2n) is 1.86. The second kappa shape index (κ2) is 6.51. The summed E-state index contributed by atoms with van der Waals surface area (Å²) >= 11 is 0. The van der Waals surface area contributed by atoms with Crippen LogP contribution in [-0.4, -0.2) is 37.9 Å². The van der Waals surface area contributed by atoms with Gasteiger partial charge in [0.2, 0.25) is 5.91 Å². The lowest BCUT2D eigenvalue weighted by Crippen LogP contribution is -2.28. The Kier molecular flexibility index (Phi) is 6.11. The number of aliphatic hydroxyl groups excluding tert-OH is 1. The molecule has 0 bridgehead atoms. The van der Waals surface area contributed by atoms with Gasteiger partial charge in [0.1, 0.15) is 6.61 Å². The maximum absolute atomic E-state index is 10.6. The van der Waals surface area contributed by atoms with Gasteiger partial charge in [-0.2, -0.15) is 0 Å². The van der Waals surface area contributed by atoms with Crippen LogP contribution in [0.5, 0.6) is 0 Å². The van der Waals surface area contributed by atoms with Crippen molar-refractivity contribution in [3.63, 3.8) is 0 Å². The van der Waals surface area contributed by atoms with E-state index in [1.165, 1.54) is 7.11 Å². The molecule has 0 fully saturated rings. The number of amides is 1. The van der Waals surface area contributed by atoms with Crippen LogP contribution in [0.2, 0.25) is 0 Å². The molecule has 0 spiro atoms. The normalized spacial score (nSPS) is 9.40. The third-order valence-corrected chi connectivity index (χ3v) is 0.932. The maximum Gasteiger partial charge on any atom is 0.245 e. The lowest BCUT2D eigenvalue weighted by molar-refractivity contribution is -0.124. The van der Waals surface area contributed by atoms with Crippen molar-refractivity contribution in [3.05, 3.63) is 0 Å². The molecule has 0 aromatic rings. The highest BCUT2D eigenvalue weighted by Gasteiger charge is 1.96. The number of carbonyl (C=O) groups is 1. The number of rotatable bonds is 5. The van der Waals surface area contributed by atoms with E-state index in [2.05, 4.69) is 10.1 Å². The Hall–Kier alpha value is -0.610. The molecule has 0 aliphatic rings. The summed E-state index contributed by atoms with van der Waals surface area (Å²) in [6.45, 7) is 0.706. The number of carbonyl (C=O) groups excluding carboxylic acids is 1. The Morgan fingerprint density at radius 3 is 2.90 bits per heavy atom. The summed E-state index contributed by atoms with van der Waals surface area (Å²) in [5.74, 6) is -0.143. The Morgan fingerprint density at radius 1 is 1.70 bits per heavy atom. The number of nitrogens with one attached hydrogen (secondary N) is 1. The van der Waals surface area contributed by atoms with Gasteiger partial charge in [-0.15, -0.1) is 0 Å². The molecule has 0 rings (SSSR count). The zero-order chi connectivity index (χ0) is 7.82. The number of hydrogen-bond acceptors (Lipinski definition) is 3. The average Bonchev–Trinajstić information content (AvgIpc) is 1.89. The van der Waals surface area contributed by atoms with Crippen molar-refractivity contribution in [2.45, 2.75) is 6.42 Å². The summed E-state index contributed by atoms with van der Waals surface area (Å²) in [6.07, 6.45) is 0.593. The Labute approximate surface area is 60.2 Å². The van der Waals surface area contributed by atoms with Crippen molar-refractivity contribution in [1.82, 2.24) is 5.32 Å². The smallest absolute Gasteiger partial charge is 0.245 e. The van der Waals surface area contributed by atoms with E-state index in [0.717, 1.165) is 0 Å². The van der Waals surface area contributed by atoms with Gasteiger partial charge in [-0.3, -0.25) is 4.79 Å². The maximum atomic E-state index is 10.6. The van der Waals surface area contributed by atoms with Gasteiger partial charge in [-0.25, -0.2) is 0 Å². The second-order valence-corrected chi connectivity index (χ2v) is 1.86. The lowest BCUT2D eigenvalue weighted by Gasteiger charge is -2.01. The van der Waals surface area contributed by atoms with Crippen molar-refractivity contribution in [1.29, 1.82) is 0 Å². The third-order valence-electron chi connectivity index (χ3n) is 0.932. The van der Waals surface area contributed by atoms with Crippen LogP contribution in [0.3, 0.4) is 0 Å². The standard InChI is InChI=1S/C6H13NO3/c1-10-5-6(9)7-3-2-4-8/h8H,2-5H2,1H3,(H,7,9). The minimum absolute atomic E-state index is 0.0887. The van der Waals surface area contributed by atoms with Gasteiger partial charge < -0.3 is 15.2 Å². The molecule has 10 heavy (non-hydrogen) atoms. The predicted molar refractivity (Wildman–Crippen MR) is 36.6 cm³/mol. The fraction of sp³-hybridized carbons (Fsp3) is 0.833. The molecule has 4 heteroatoms. The first-order valence-corrected chi connectivity index (χ1v) is 3.17. The average molecular weight is 147 g/mol. The van der Waals surface area contributed by atoms with Crippen LogP contribution in [0.4, 0.5) is 0 Å². The van der Waals surface area contributed by atoms with Gasteiger partial charge in [-0.05, 0) is 6.42 Å². The molecule has 0 unspecified atom stereocenters. The molecule has 0 saturated heterocycles. The molecular formula is C6H13NO3. The SMILES string of the molecule is COCC(=O)NCCCO. The van der Waals surface area contributed by atoms with Crippen LogP contribution in [0.1, 0.15) is 6.42 Å². The van der Waals surface area contributed by atoms with E-state index in [1.54, 1.807) is 0 Å². The fourth-order valence-corrected chi connectivity index (χ4v) is 0.489. The van der Waals surface area contributed by atoms with Gasteiger partial charge in [0, 0.05) is 20.3 Å². The van der Waals surface area contributed by atoms with Crippen molar-refractivity contribution >= 4 is 5.91 Å². The largest absolute Gasteiger partial charge is 0.396 e. The van der Waals surface area contributed by atoms with Crippen LogP contribution in [-0.2, 0) is 9.53 Å². The summed E-state index contributed by atoms with van der Waals surface area (Å²) in [4.78, 5) is 10.6. The predicted octanol–water partition coefficient (Wildman–Crippen LogP) is -0.869. The first-order valence-electron chi connectivity index (χ1n) is 3.17. The number of methoxy groups -OCH3 is 1. The van der Waals surface area contributed by atoms with Gasteiger partial charge in [0.05, 0.1) is 0 Å². The molecule has 0 aromatic heterocycles. The molecule has 0 aliphatic heterocycles. The zero-order valence-corrected chi connectivity index (χ0v) is 6.09. The number of aliphatic hydroxyl groups is 1. The molecule has 0 atom stereocenters. The lowest BCUT2D eigenvalue weighted by atomic mass is 10.4. The van der Waals surface area contributed by atoms with Crippen molar-refractivity contribution in [3.8, 4) is 0 Å². The highest BCUT2D eigenvalue weighted by atomic mass is 16.5. The van der Waals surface area contributed by atoms with Crippen LogP contribution < -0.4 is 5.32 Å². The molecule has 0 aliphatic carbocycles. The first kappa shape index (κ1) is 9.39. The van der Waals surface area contributed by atoms with E-state index < -0.39 is 0 Å². The van der Waals surface area contributed by atoms with Gasteiger partial charge in [0.25, 0.3) is 0 Å². The van der Waals surface area contributed by atoms with Gasteiger partial charge in [-0.1, -0.05) is 0 Å². The molecule has 60 valence electrons. The molecule has 0 saturated carbocycles. The highest BCUT2D eigenvalue weighted by molar-refractivity contribution is 5.77. The topological polar surface area (TPSA) is 58.6 Å². The van der Waals surface area contributed by atoms with E-state index >= 15 is 0 Å². The monoisotopic (exact) mass is 147 g/mol. The highest BCUT2D eigenvalue weighted by Crippen LogP contribution is 1.73. The van der Waals surface area contributed by atoms with Gasteiger partial charge in [0.15, 0.2) is 0 Å². The minimum atomic E-state index is -0.143. The summed E-state index contributed by atoms with van der Waals surface area (Å²) < 4.78 is 4.56. The number of hydrogen-bond donors (Lipinski definition) is 2. The van der Waals surface area contributed by atoms with E-state index in [0.29, 0.717) is 13.0 Å². The molecule has 0 aromatic carbocycles. The number of ether oxygens (including phenoxy) is 1. The molecule has 4 nitrogen and oxygen atoms in total. The molecule has 2 N–H and O–H groups in total. The van der Waals surface area contributed by atoms with E-state index in [4.69, 9.17) is 5.11 Å². The summed E-state index contributed by atoms with van der Waals surface area (Å²) in [7, 11) is 1.46. The first-order chi connectivity index (χ1) is 4.81. The molecular weight excluding hydrogens is 134 g/mol. The van der Waals surface area contributed by atoms with E-state index in [-0.39, 0.29) is 19.1 Å². The fourth-order valence-electron chi connectivity index (χ4n) is 0.489. The molecule has 0 heterocycles. The van der Waals surface area contributed by atoms with Crippen LogP contribution >= 0.6 is 0 Å². The zero-order valence-electron chi connectivity index (χ0n) is 6.09. The van der Waals surface area contributed by atoms with Crippen LogP contribution in [0.15, 0.2) is 0 Å². The third kappa shape index (κ3) is 5.53. The summed E-state index contributed by atoms with van der Waals surface area (Å²) in [5, 5.41) is 10.9. The van der Waals surface area contributed by atoms with Gasteiger partial charge >= 0.3 is 0 Å². The Balaban J connectivity index is 3.05. The van der Waals surface area contributed by atoms with Crippen molar-refractivity contribution in [2.75, 3.05) is 26.9 Å². The Morgan fingerprint density at radius 2 is 2.40 bits per heavy atom.